The summed E-state index contributed by atoms with van der Waals surface area (Å²) in [5.74, 6) is 6.49. The van der Waals surface area contributed by atoms with Gasteiger partial charge in [-0.1, -0.05) is 60.7 Å². The molecule has 2 aromatic carbocycles. The van der Waals surface area contributed by atoms with E-state index in [0.29, 0.717) is 11.5 Å². The molecule has 0 aliphatic carbocycles. The first kappa shape index (κ1) is 28.8. The van der Waals surface area contributed by atoms with Gasteiger partial charge < -0.3 is 10.6 Å². The Morgan fingerprint density at radius 3 is 2.32 bits per heavy atom. The van der Waals surface area contributed by atoms with Crippen LogP contribution in [0.3, 0.4) is 0 Å². The third kappa shape index (κ3) is 7.98. The molecule has 2 aromatic rings. The third-order valence-corrected chi connectivity index (χ3v) is 5.67. The summed E-state index contributed by atoms with van der Waals surface area (Å²) in [6, 6.07) is 12.9. The van der Waals surface area contributed by atoms with Crippen molar-refractivity contribution in [2.75, 3.05) is 19.1 Å². The minimum absolute atomic E-state index is 0.0399. The van der Waals surface area contributed by atoms with E-state index in [2.05, 4.69) is 11.6 Å². The number of nitrogens with zero attached hydrogens (tertiary/aromatic N) is 3. The SMILES string of the molecule is C/C=C/Cl.C=C/C=C\C.CN(C)C1=N/C(=C(/N)S(=O)c2cccc(F)c2)N(N)c2ccccc21. The molecular formula is C25H31ClFN5OS. The van der Waals surface area contributed by atoms with Gasteiger partial charge in [0.25, 0.3) is 0 Å². The summed E-state index contributed by atoms with van der Waals surface area (Å²) in [7, 11) is 1.90. The minimum atomic E-state index is -1.79. The lowest BCUT2D eigenvalue weighted by Gasteiger charge is -2.30. The van der Waals surface area contributed by atoms with Crippen molar-refractivity contribution in [1.29, 1.82) is 0 Å². The number of rotatable bonds is 3. The van der Waals surface area contributed by atoms with Crippen molar-refractivity contribution in [1.82, 2.24) is 4.90 Å². The van der Waals surface area contributed by atoms with Crippen LogP contribution in [0.25, 0.3) is 0 Å². The van der Waals surface area contributed by atoms with Gasteiger partial charge in [0.15, 0.2) is 5.82 Å². The topological polar surface area (TPSA) is 88.0 Å². The van der Waals surface area contributed by atoms with Gasteiger partial charge in [0.1, 0.15) is 27.5 Å². The summed E-state index contributed by atoms with van der Waals surface area (Å²) in [5, 5.41) is 1.26. The molecule has 1 heterocycles. The van der Waals surface area contributed by atoms with E-state index in [1.54, 1.807) is 18.2 Å². The summed E-state index contributed by atoms with van der Waals surface area (Å²) < 4.78 is 26.1. The van der Waals surface area contributed by atoms with Gasteiger partial charge in [0, 0.05) is 24.6 Å². The minimum Gasteiger partial charge on any atom is -0.388 e. The molecule has 3 rings (SSSR count). The van der Waals surface area contributed by atoms with Gasteiger partial charge in [-0.2, -0.15) is 0 Å². The number of hydrazine groups is 1. The van der Waals surface area contributed by atoms with Crippen LogP contribution in [0.1, 0.15) is 19.4 Å². The number of para-hydroxylation sites is 1. The zero-order valence-electron chi connectivity index (χ0n) is 19.8. The second-order valence-corrected chi connectivity index (χ2v) is 8.55. The molecule has 1 aliphatic rings. The molecule has 34 heavy (non-hydrogen) atoms. The average Bonchev–Trinajstić information content (AvgIpc) is 2.84. The molecule has 0 fully saturated rings. The fourth-order valence-corrected chi connectivity index (χ4v) is 3.63. The van der Waals surface area contributed by atoms with Crippen LogP contribution in [-0.2, 0) is 10.8 Å². The van der Waals surface area contributed by atoms with Crippen molar-refractivity contribution in [3.05, 3.63) is 107 Å². The number of amidine groups is 1. The van der Waals surface area contributed by atoms with Crippen molar-refractivity contribution in [3.8, 4) is 0 Å². The van der Waals surface area contributed by atoms with Gasteiger partial charge in [0.2, 0.25) is 0 Å². The zero-order chi connectivity index (χ0) is 25.7. The Bertz CT molecular complexity index is 1110. The van der Waals surface area contributed by atoms with Crippen molar-refractivity contribution >= 4 is 33.9 Å². The highest BCUT2D eigenvalue weighted by Gasteiger charge is 2.27. The smallest absolute Gasteiger partial charge is 0.182 e. The van der Waals surface area contributed by atoms with Crippen LogP contribution in [-0.4, -0.2) is 29.0 Å². The highest BCUT2D eigenvalue weighted by Crippen LogP contribution is 2.30. The van der Waals surface area contributed by atoms with E-state index in [-0.39, 0.29) is 15.7 Å². The number of hydrogen-bond acceptors (Lipinski definition) is 6. The predicted octanol–water partition coefficient (Wildman–Crippen LogP) is 5.23. The van der Waals surface area contributed by atoms with E-state index in [1.165, 1.54) is 28.7 Å². The first-order valence-electron chi connectivity index (χ1n) is 10.3. The summed E-state index contributed by atoms with van der Waals surface area (Å²) in [5.41, 5.74) is 9.09. The van der Waals surface area contributed by atoms with Crippen molar-refractivity contribution < 1.29 is 8.60 Å². The van der Waals surface area contributed by atoms with Crippen LogP contribution in [0, 0.1) is 5.82 Å². The van der Waals surface area contributed by atoms with E-state index in [1.807, 2.05) is 69.3 Å². The monoisotopic (exact) mass is 503 g/mol. The first-order chi connectivity index (χ1) is 16.2. The van der Waals surface area contributed by atoms with Gasteiger partial charge in [-0.05, 0) is 49.7 Å². The number of anilines is 1. The second kappa shape index (κ2) is 14.8. The number of fused-ring (bicyclic) bond motifs is 1. The fourth-order valence-electron chi connectivity index (χ4n) is 2.64. The molecule has 0 amide bonds. The van der Waals surface area contributed by atoms with Crippen LogP contribution in [0.15, 0.2) is 106 Å². The number of aliphatic imine (C=N–C) groups is 1. The maximum absolute atomic E-state index is 13.4. The molecule has 1 atom stereocenters. The molecule has 0 radical (unpaired) electrons. The van der Waals surface area contributed by atoms with E-state index in [9.17, 15) is 8.60 Å². The Hall–Kier alpha value is -3.20. The number of benzene rings is 2. The molecule has 0 aromatic heterocycles. The van der Waals surface area contributed by atoms with Crippen molar-refractivity contribution in [2.45, 2.75) is 18.7 Å². The summed E-state index contributed by atoms with van der Waals surface area (Å²) >= 11 is 5.01. The van der Waals surface area contributed by atoms with Gasteiger partial charge in [-0.3, -0.25) is 5.01 Å². The van der Waals surface area contributed by atoms with E-state index in [0.717, 1.165) is 5.56 Å². The Morgan fingerprint density at radius 2 is 1.82 bits per heavy atom. The van der Waals surface area contributed by atoms with Crippen LogP contribution in [0.5, 0.6) is 0 Å². The van der Waals surface area contributed by atoms with Gasteiger partial charge >= 0.3 is 0 Å². The number of allylic oxidation sites excluding steroid dienone is 4. The largest absolute Gasteiger partial charge is 0.388 e. The van der Waals surface area contributed by atoms with E-state index in [4.69, 9.17) is 23.2 Å². The molecule has 1 unspecified atom stereocenters. The Balaban J connectivity index is 0.000000550. The lowest BCUT2D eigenvalue weighted by Crippen LogP contribution is -2.39. The molecular weight excluding hydrogens is 473 g/mol. The zero-order valence-corrected chi connectivity index (χ0v) is 21.4. The molecule has 0 bridgehead atoms. The average molecular weight is 504 g/mol. The lowest BCUT2D eigenvalue weighted by molar-refractivity contribution is 0.618. The van der Waals surface area contributed by atoms with Gasteiger partial charge in [-0.15, -0.1) is 0 Å². The highest BCUT2D eigenvalue weighted by atomic mass is 35.5. The molecule has 0 spiro atoms. The predicted molar refractivity (Wildman–Crippen MR) is 143 cm³/mol. The van der Waals surface area contributed by atoms with Crippen LogP contribution in [0.4, 0.5) is 10.1 Å². The number of nitrogens with two attached hydrogens (primary N) is 2. The highest BCUT2D eigenvalue weighted by molar-refractivity contribution is 7.89. The summed E-state index contributed by atoms with van der Waals surface area (Å²) in [6.45, 7) is 7.29. The Labute approximate surface area is 208 Å². The van der Waals surface area contributed by atoms with Crippen molar-refractivity contribution in [3.63, 3.8) is 0 Å². The third-order valence-electron chi connectivity index (χ3n) is 4.15. The van der Waals surface area contributed by atoms with Crippen LogP contribution >= 0.6 is 11.6 Å². The van der Waals surface area contributed by atoms with Gasteiger partial charge in [-0.25, -0.2) is 19.4 Å². The molecule has 0 saturated heterocycles. The summed E-state index contributed by atoms with van der Waals surface area (Å²) in [4.78, 5) is 6.56. The Morgan fingerprint density at radius 1 is 1.18 bits per heavy atom. The van der Waals surface area contributed by atoms with Gasteiger partial charge in [0.05, 0.1) is 5.69 Å². The standard InChI is InChI=1S/C17H18FN5OS.C5H8.C3H5Cl/c1-22(2)16-13-8-3-4-9-14(13)23(20)17(21-16)15(19)25(24)12-7-5-6-11(18)10-12;1-3-5-4-2;1-2-3-4/h3-10H,19-20H2,1-2H3;3-5H,1H2,2H3;2-3H,1H3/b17-15+;5-4-;3-2+. The molecule has 0 saturated carbocycles. The lowest BCUT2D eigenvalue weighted by atomic mass is 10.1. The van der Waals surface area contributed by atoms with E-state index < -0.39 is 16.6 Å². The maximum Gasteiger partial charge on any atom is 0.182 e. The molecule has 6 nitrogen and oxygen atoms in total. The normalized spacial score (nSPS) is 14.8. The molecule has 182 valence electrons. The first-order valence-corrected chi connectivity index (χ1v) is 11.8. The van der Waals surface area contributed by atoms with Crippen LogP contribution < -0.4 is 16.6 Å². The molecule has 4 N–H and O–H groups in total. The second-order valence-electron chi connectivity index (χ2n) is 6.85. The number of halogens is 2. The molecule has 9 heteroatoms. The maximum atomic E-state index is 13.4. The molecule has 1 aliphatic heterocycles. The summed E-state index contributed by atoms with van der Waals surface area (Å²) in [6.07, 6.45) is 7.34. The van der Waals surface area contributed by atoms with Crippen LogP contribution in [0.2, 0.25) is 0 Å². The number of hydrogen-bond donors (Lipinski definition) is 2. The van der Waals surface area contributed by atoms with E-state index >= 15 is 0 Å². The van der Waals surface area contributed by atoms with Crippen molar-refractivity contribution in [2.24, 2.45) is 16.6 Å². The quantitative estimate of drug-likeness (QED) is 0.442. The Kier molecular flexibility index (Phi) is 12.6. The fraction of sp³-hybridized carbons (Fsp3) is 0.160.